The molecular weight excluding hydrogens is 336 g/mol. The van der Waals surface area contributed by atoms with E-state index in [1.807, 2.05) is 36.7 Å². The van der Waals surface area contributed by atoms with Gasteiger partial charge in [0.25, 0.3) is 0 Å². The highest BCUT2D eigenvalue weighted by Crippen LogP contribution is 2.21. The van der Waals surface area contributed by atoms with E-state index in [2.05, 4.69) is 22.7 Å². The Balaban J connectivity index is 2.24. The van der Waals surface area contributed by atoms with Crippen LogP contribution in [0.2, 0.25) is 0 Å². The van der Waals surface area contributed by atoms with Crippen LogP contribution in [0.1, 0.15) is 40.7 Å². The molecule has 1 aromatic carbocycles. The maximum Gasteiger partial charge on any atom is 0.338 e. The molecule has 0 spiro atoms. The zero-order chi connectivity index (χ0) is 18.4. The zero-order valence-corrected chi connectivity index (χ0v) is 15.9. The maximum absolute atomic E-state index is 11.9. The summed E-state index contributed by atoms with van der Waals surface area (Å²) >= 11 is 5.31. The number of nitrogens with zero attached hydrogens (tertiary/aromatic N) is 2. The number of esters is 1. The van der Waals surface area contributed by atoms with Crippen molar-refractivity contribution >= 4 is 29.0 Å². The number of aryl methyl sites for hydroxylation is 1. The fourth-order valence-corrected chi connectivity index (χ4v) is 2.76. The molecule has 1 heterocycles. The first-order valence-electron chi connectivity index (χ1n) is 8.23. The highest BCUT2D eigenvalue weighted by molar-refractivity contribution is 7.80. The number of carbonyl (C=O) groups is 1. The maximum atomic E-state index is 11.9. The van der Waals surface area contributed by atoms with Crippen LogP contribution in [0.5, 0.6) is 0 Å². The van der Waals surface area contributed by atoms with Crippen molar-refractivity contribution in [3.05, 3.63) is 46.8 Å². The molecule has 1 aromatic heterocycles. The number of hydrogen-bond acceptors (Lipinski definition) is 4. The summed E-state index contributed by atoms with van der Waals surface area (Å²) in [5.41, 5.74) is 4.11. The molecule has 0 aliphatic rings. The van der Waals surface area contributed by atoms with Crippen molar-refractivity contribution < 1.29 is 9.53 Å². The number of ether oxygens (including phenoxy) is 1. The number of hydrogen-bond donors (Lipinski definition) is 2. The molecular formula is C18H24N4O2S. The summed E-state index contributed by atoms with van der Waals surface area (Å²) in [4.78, 5) is 11.9. The van der Waals surface area contributed by atoms with E-state index in [1.54, 1.807) is 6.07 Å². The summed E-state index contributed by atoms with van der Waals surface area (Å²) in [6, 6.07) is 7.39. The Labute approximate surface area is 153 Å². The molecule has 2 N–H and O–H groups in total. The molecule has 0 aliphatic carbocycles. The number of benzene rings is 1. The summed E-state index contributed by atoms with van der Waals surface area (Å²) in [6.07, 6.45) is 1.00. The van der Waals surface area contributed by atoms with E-state index in [9.17, 15) is 4.79 Å². The fraction of sp³-hybridized carbons (Fsp3) is 0.389. The molecule has 0 atom stereocenters. The van der Waals surface area contributed by atoms with Gasteiger partial charge in [0.1, 0.15) is 0 Å². The minimum atomic E-state index is -0.347. The van der Waals surface area contributed by atoms with Crippen molar-refractivity contribution in [2.24, 2.45) is 0 Å². The highest BCUT2D eigenvalue weighted by Gasteiger charge is 2.16. The predicted molar refractivity (Wildman–Crippen MR) is 103 cm³/mol. The zero-order valence-electron chi connectivity index (χ0n) is 15.0. The Bertz CT molecular complexity index is 770. The minimum absolute atomic E-state index is 0.347. The van der Waals surface area contributed by atoms with E-state index < -0.39 is 0 Å². The van der Waals surface area contributed by atoms with Crippen molar-refractivity contribution in [3.63, 3.8) is 0 Å². The SMILES string of the molecule is CCCNC(=S)Nc1c(C)nn(Cc2ccccc2C(=O)OC)c1C. The molecule has 0 unspecified atom stereocenters. The quantitative estimate of drug-likeness (QED) is 0.610. The van der Waals surface area contributed by atoms with Crippen LogP contribution >= 0.6 is 12.2 Å². The lowest BCUT2D eigenvalue weighted by molar-refractivity contribution is 0.0599. The lowest BCUT2D eigenvalue weighted by atomic mass is 10.1. The number of carbonyl (C=O) groups excluding carboxylic acids is 1. The molecule has 7 heteroatoms. The molecule has 0 bridgehead atoms. The lowest BCUT2D eigenvalue weighted by Crippen LogP contribution is -2.29. The monoisotopic (exact) mass is 360 g/mol. The fourth-order valence-electron chi connectivity index (χ4n) is 2.56. The van der Waals surface area contributed by atoms with Crippen LogP contribution in [0.3, 0.4) is 0 Å². The van der Waals surface area contributed by atoms with Gasteiger partial charge in [-0.25, -0.2) is 4.79 Å². The van der Waals surface area contributed by atoms with E-state index in [-0.39, 0.29) is 5.97 Å². The third kappa shape index (κ3) is 4.57. The van der Waals surface area contributed by atoms with E-state index in [1.165, 1.54) is 7.11 Å². The lowest BCUT2D eigenvalue weighted by Gasteiger charge is -2.11. The Hall–Kier alpha value is -2.41. The summed E-state index contributed by atoms with van der Waals surface area (Å²) in [6.45, 7) is 7.30. The molecule has 2 aromatic rings. The van der Waals surface area contributed by atoms with Gasteiger partial charge < -0.3 is 15.4 Å². The summed E-state index contributed by atoms with van der Waals surface area (Å²) in [5, 5.41) is 11.5. The van der Waals surface area contributed by atoms with Gasteiger partial charge in [-0.3, -0.25) is 4.68 Å². The van der Waals surface area contributed by atoms with E-state index >= 15 is 0 Å². The summed E-state index contributed by atoms with van der Waals surface area (Å²) in [5.74, 6) is -0.347. The van der Waals surface area contributed by atoms with Gasteiger partial charge >= 0.3 is 5.97 Å². The number of rotatable bonds is 6. The number of nitrogens with one attached hydrogen (secondary N) is 2. The van der Waals surface area contributed by atoms with Gasteiger partial charge in [-0.05, 0) is 44.1 Å². The number of aromatic nitrogens is 2. The molecule has 0 saturated heterocycles. The standard InChI is InChI=1S/C18H24N4O2S/c1-5-10-19-18(25)20-16-12(2)21-22(13(16)3)11-14-8-6-7-9-15(14)17(23)24-4/h6-9H,5,10-11H2,1-4H3,(H2,19,20,25). The first-order valence-corrected chi connectivity index (χ1v) is 8.63. The van der Waals surface area contributed by atoms with Gasteiger partial charge in [0.15, 0.2) is 5.11 Å². The van der Waals surface area contributed by atoms with Crippen molar-refractivity contribution in [2.75, 3.05) is 19.0 Å². The third-order valence-corrected chi connectivity index (χ3v) is 4.14. The van der Waals surface area contributed by atoms with Crippen molar-refractivity contribution in [2.45, 2.75) is 33.7 Å². The summed E-state index contributed by atoms with van der Waals surface area (Å²) in [7, 11) is 1.38. The second-order valence-electron chi connectivity index (χ2n) is 5.73. The molecule has 134 valence electrons. The molecule has 0 radical (unpaired) electrons. The number of methoxy groups -OCH3 is 1. The van der Waals surface area contributed by atoms with Crippen LogP contribution in [0.4, 0.5) is 5.69 Å². The van der Waals surface area contributed by atoms with Gasteiger partial charge in [-0.2, -0.15) is 5.10 Å². The first-order chi connectivity index (χ1) is 12.0. The van der Waals surface area contributed by atoms with E-state index in [0.717, 1.165) is 35.6 Å². The van der Waals surface area contributed by atoms with Crippen LogP contribution in [-0.2, 0) is 11.3 Å². The van der Waals surface area contributed by atoms with Crippen LogP contribution in [0, 0.1) is 13.8 Å². The summed E-state index contributed by atoms with van der Waals surface area (Å²) < 4.78 is 6.72. The molecule has 0 fully saturated rings. The second kappa shape index (κ2) is 8.62. The molecule has 6 nitrogen and oxygen atoms in total. The van der Waals surface area contributed by atoms with Crippen LogP contribution in [0.25, 0.3) is 0 Å². The Kier molecular flexibility index (Phi) is 6.52. The van der Waals surface area contributed by atoms with Crippen LogP contribution < -0.4 is 10.6 Å². The highest BCUT2D eigenvalue weighted by atomic mass is 32.1. The van der Waals surface area contributed by atoms with Crippen LogP contribution in [-0.4, -0.2) is 34.5 Å². The van der Waals surface area contributed by atoms with E-state index in [0.29, 0.717) is 17.2 Å². The smallest absolute Gasteiger partial charge is 0.338 e. The number of thiocarbonyl (C=S) groups is 1. The van der Waals surface area contributed by atoms with E-state index in [4.69, 9.17) is 17.0 Å². The third-order valence-electron chi connectivity index (χ3n) is 3.90. The van der Waals surface area contributed by atoms with Crippen molar-refractivity contribution in [3.8, 4) is 0 Å². The predicted octanol–water partition coefficient (Wildman–Crippen LogP) is 3.03. The van der Waals surface area contributed by atoms with Gasteiger partial charge in [-0.1, -0.05) is 25.1 Å². The minimum Gasteiger partial charge on any atom is -0.465 e. The average Bonchev–Trinajstić information content (AvgIpc) is 2.87. The van der Waals surface area contributed by atoms with Crippen molar-refractivity contribution in [1.82, 2.24) is 15.1 Å². The normalized spacial score (nSPS) is 10.4. The largest absolute Gasteiger partial charge is 0.465 e. The average molecular weight is 360 g/mol. The number of anilines is 1. The Morgan fingerprint density at radius 2 is 2.04 bits per heavy atom. The van der Waals surface area contributed by atoms with Crippen LogP contribution in [0.15, 0.2) is 24.3 Å². The molecule has 25 heavy (non-hydrogen) atoms. The van der Waals surface area contributed by atoms with Gasteiger partial charge in [0, 0.05) is 6.54 Å². The van der Waals surface area contributed by atoms with Gasteiger partial charge in [0.05, 0.1) is 36.3 Å². The molecule has 0 aliphatic heterocycles. The topological polar surface area (TPSA) is 68.2 Å². The van der Waals surface area contributed by atoms with Crippen molar-refractivity contribution in [1.29, 1.82) is 0 Å². The van der Waals surface area contributed by atoms with Gasteiger partial charge in [-0.15, -0.1) is 0 Å². The first kappa shape index (κ1) is 18.9. The second-order valence-corrected chi connectivity index (χ2v) is 6.14. The Morgan fingerprint density at radius 1 is 1.32 bits per heavy atom. The van der Waals surface area contributed by atoms with Gasteiger partial charge in [0.2, 0.25) is 0 Å². The molecule has 0 saturated carbocycles. The molecule has 2 rings (SSSR count). The Morgan fingerprint density at radius 3 is 2.72 bits per heavy atom. The molecule has 0 amide bonds.